The first-order valence-electron chi connectivity index (χ1n) is 3.61. The molecule has 1 aromatic heterocycles. The maximum absolute atomic E-state index is 5.27. The van der Waals surface area contributed by atoms with E-state index in [0.29, 0.717) is 10.7 Å². The van der Waals surface area contributed by atoms with E-state index in [-0.39, 0.29) is 0 Å². The molecule has 0 saturated carbocycles. The summed E-state index contributed by atoms with van der Waals surface area (Å²) in [5, 5.41) is 7.63. The number of nitrogens with zero attached hydrogens (tertiary/aromatic N) is 2. The topological polar surface area (TPSA) is 38.9 Å². The molecule has 0 atom stereocenters. The first-order chi connectivity index (χ1) is 6.66. The Hall–Kier alpha value is 0.0500. The van der Waals surface area contributed by atoms with Crippen molar-refractivity contribution in [1.82, 2.24) is 10.2 Å². The molecular weight excluding hydrogens is 427 g/mol. The van der Waals surface area contributed by atoms with Crippen LogP contribution in [0.1, 0.15) is 0 Å². The second kappa shape index (κ2) is 4.28. The fraction of sp³-hybridized carbons (Fsp3) is 0. The van der Waals surface area contributed by atoms with Crippen LogP contribution in [0.3, 0.4) is 0 Å². The van der Waals surface area contributed by atoms with Crippen LogP contribution < -0.4 is 0 Å². The Balaban J connectivity index is 2.55. The second-order valence-corrected chi connectivity index (χ2v) is 5.26. The van der Waals surface area contributed by atoms with Crippen molar-refractivity contribution in [2.75, 3.05) is 0 Å². The lowest BCUT2D eigenvalue weighted by Crippen LogP contribution is -1.81. The van der Waals surface area contributed by atoms with Crippen LogP contribution in [0.2, 0.25) is 0 Å². The van der Waals surface area contributed by atoms with Gasteiger partial charge in [-0.3, -0.25) is 0 Å². The van der Waals surface area contributed by atoms with Crippen molar-refractivity contribution in [3.63, 3.8) is 0 Å². The summed E-state index contributed by atoms with van der Waals surface area (Å²) < 4.78 is 7.33. The number of halogens is 3. The normalized spacial score (nSPS) is 10.5. The third kappa shape index (κ3) is 2.17. The third-order valence-electron chi connectivity index (χ3n) is 1.56. The zero-order valence-corrected chi connectivity index (χ0v) is 12.0. The number of rotatable bonds is 1. The smallest absolute Gasteiger partial charge is 0.285 e. The van der Waals surface area contributed by atoms with Gasteiger partial charge in [0.05, 0.1) is 5.56 Å². The quantitative estimate of drug-likeness (QED) is 0.646. The summed E-state index contributed by atoms with van der Waals surface area (Å²) in [5.74, 6) is 0.502. The van der Waals surface area contributed by atoms with Crippen LogP contribution in [-0.2, 0) is 0 Å². The molecule has 14 heavy (non-hydrogen) atoms. The van der Waals surface area contributed by atoms with E-state index in [9.17, 15) is 0 Å². The summed E-state index contributed by atoms with van der Waals surface area (Å²) in [6.07, 6.45) is 0. The minimum absolute atomic E-state index is 0.387. The van der Waals surface area contributed by atoms with Gasteiger partial charge in [0, 0.05) is 24.0 Å². The predicted octanol–water partition coefficient (Wildman–Crippen LogP) is 3.87. The fourth-order valence-electron chi connectivity index (χ4n) is 0.976. The summed E-state index contributed by atoms with van der Waals surface area (Å²) in [4.78, 5) is 0.387. The SMILES string of the molecule is Brc1nnc(-c2cc(I)ccc2Br)o1. The summed E-state index contributed by atoms with van der Waals surface area (Å²) in [6.45, 7) is 0. The number of hydrogen-bond acceptors (Lipinski definition) is 3. The predicted molar refractivity (Wildman–Crippen MR) is 67.9 cm³/mol. The van der Waals surface area contributed by atoms with E-state index in [0.717, 1.165) is 13.6 Å². The van der Waals surface area contributed by atoms with Crippen molar-refractivity contribution in [1.29, 1.82) is 0 Å². The van der Waals surface area contributed by atoms with E-state index in [1.165, 1.54) is 0 Å². The average molecular weight is 430 g/mol. The van der Waals surface area contributed by atoms with Gasteiger partial charge in [0.15, 0.2) is 0 Å². The summed E-state index contributed by atoms with van der Waals surface area (Å²) in [5.41, 5.74) is 0.898. The molecular formula is C8H3Br2IN2O. The van der Waals surface area contributed by atoms with E-state index in [2.05, 4.69) is 64.6 Å². The second-order valence-electron chi connectivity index (χ2n) is 2.48. The molecule has 0 bridgehead atoms. The van der Waals surface area contributed by atoms with Gasteiger partial charge in [-0.25, -0.2) is 0 Å². The summed E-state index contributed by atoms with van der Waals surface area (Å²) in [7, 11) is 0. The first-order valence-corrected chi connectivity index (χ1v) is 6.28. The number of aromatic nitrogens is 2. The molecule has 0 saturated heterocycles. The third-order valence-corrected chi connectivity index (χ3v) is 3.24. The Morgan fingerprint density at radius 2 is 2.00 bits per heavy atom. The van der Waals surface area contributed by atoms with Crippen LogP contribution in [-0.4, -0.2) is 10.2 Å². The van der Waals surface area contributed by atoms with Gasteiger partial charge in [-0.15, -0.1) is 10.2 Å². The fourth-order valence-corrected chi connectivity index (χ4v) is 2.12. The monoisotopic (exact) mass is 428 g/mol. The van der Waals surface area contributed by atoms with Gasteiger partial charge >= 0.3 is 0 Å². The highest BCUT2D eigenvalue weighted by atomic mass is 127. The molecule has 0 N–H and O–H groups in total. The van der Waals surface area contributed by atoms with Crippen molar-refractivity contribution < 1.29 is 4.42 Å². The highest BCUT2D eigenvalue weighted by Gasteiger charge is 2.10. The summed E-state index contributed by atoms with van der Waals surface area (Å²) >= 11 is 8.78. The minimum Gasteiger partial charge on any atom is -0.411 e. The van der Waals surface area contributed by atoms with E-state index in [1.54, 1.807) is 0 Å². The van der Waals surface area contributed by atoms with Crippen LogP contribution in [0.5, 0.6) is 0 Å². The van der Waals surface area contributed by atoms with Gasteiger partial charge in [0.25, 0.3) is 4.80 Å². The molecule has 1 heterocycles. The standard InChI is InChI=1S/C8H3Br2IN2O/c9-6-2-1-4(11)3-5(6)7-12-13-8(10)14-7/h1-3H. The Morgan fingerprint density at radius 1 is 1.21 bits per heavy atom. The van der Waals surface area contributed by atoms with Crippen molar-refractivity contribution >= 4 is 54.5 Å². The molecule has 0 aliphatic rings. The number of hydrogen-bond donors (Lipinski definition) is 0. The van der Waals surface area contributed by atoms with Crippen molar-refractivity contribution in [3.05, 3.63) is 31.0 Å². The van der Waals surface area contributed by atoms with Crippen LogP contribution in [0.4, 0.5) is 0 Å². The zero-order valence-electron chi connectivity index (χ0n) is 6.67. The summed E-state index contributed by atoms with van der Waals surface area (Å²) in [6, 6.07) is 5.93. The molecule has 0 aliphatic carbocycles. The molecule has 0 aliphatic heterocycles. The lowest BCUT2D eigenvalue weighted by atomic mass is 10.2. The Labute approximate surface area is 111 Å². The van der Waals surface area contributed by atoms with E-state index in [1.807, 2.05) is 18.2 Å². The Kier molecular flexibility index (Phi) is 3.23. The van der Waals surface area contributed by atoms with Crippen LogP contribution in [0.25, 0.3) is 11.5 Å². The lowest BCUT2D eigenvalue weighted by Gasteiger charge is -1.98. The van der Waals surface area contributed by atoms with Gasteiger partial charge in [0.1, 0.15) is 0 Å². The lowest BCUT2D eigenvalue weighted by molar-refractivity contribution is 0.540. The maximum Gasteiger partial charge on any atom is 0.285 e. The van der Waals surface area contributed by atoms with Gasteiger partial charge in [-0.05, 0) is 56.7 Å². The van der Waals surface area contributed by atoms with Gasteiger partial charge < -0.3 is 4.42 Å². The molecule has 0 spiro atoms. The van der Waals surface area contributed by atoms with Gasteiger partial charge in [-0.2, -0.15) is 0 Å². The molecule has 6 heteroatoms. The molecule has 0 amide bonds. The molecule has 0 radical (unpaired) electrons. The zero-order chi connectivity index (χ0) is 10.1. The Bertz CT molecular complexity index is 472. The molecule has 0 unspecified atom stereocenters. The van der Waals surface area contributed by atoms with Crippen molar-refractivity contribution in [2.24, 2.45) is 0 Å². The van der Waals surface area contributed by atoms with Crippen LogP contribution >= 0.6 is 54.5 Å². The average Bonchev–Trinajstić information content (AvgIpc) is 2.56. The van der Waals surface area contributed by atoms with Gasteiger partial charge in [-0.1, -0.05) is 0 Å². The molecule has 3 nitrogen and oxygen atoms in total. The first kappa shape index (κ1) is 10.6. The maximum atomic E-state index is 5.27. The highest BCUT2D eigenvalue weighted by molar-refractivity contribution is 14.1. The highest BCUT2D eigenvalue weighted by Crippen LogP contribution is 2.29. The van der Waals surface area contributed by atoms with Crippen LogP contribution in [0.15, 0.2) is 31.9 Å². The van der Waals surface area contributed by atoms with E-state index in [4.69, 9.17) is 4.42 Å². The van der Waals surface area contributed by atoms with Gasteiger partial charge in [0.2, 0.25) is 5.89 Å². The van der Waals surface area contributed by atoms with Crippen molar-refractivity contribution in [3.8, 4) is 11.5 Å². The molecule has 2 rings (SSSR count). The molecule has 1 aromatic carbocycles. The largest absolute Gasteiger partial charge is 0.411 e. The number of benzene rings is 1. The minimum atomic E-state index is 0.387. The van der Waals surface area contributed by atoms with Crippen LogP contribution in [0, 0.1) is 3.57 Å². The molecule has 0 fully saturated rings. The van der Waals surface area contributed by atoms with Crippen molar-refractivity contribution in [2.45, 2.75) is 0 Å². The Morgan fingerprint density at radius 3 is 2.64 bits per heavy atom. The molecule has 2 aromatic rings. The molecule has 72 valence electrons. The van der Waals surface area contributed by atoms with E-state index >= 15 is 0 Å². The van der Waals surface area contributed by atoms with E-state index < -0.39 is 0 Å².